The summed E-state index contributed by atoms with van der Waals surface area (Å²) in [5, 5.41) is 26.4. The molecule has 12 atom stereocenters. The Labute approximate surface area is 360 Å². The van der Waals surface area contributed by atoms with Gasteiger partial charge in [0.1, 0.15) is 41.5 Å². The number of hydrogen-bond donors (Lipinski definition) is 2. The molecular weight excluding hydrogens is 834 g/mol. The van der Waals surface area contributed by atoms with E-state index < -0.39 is 138 Å². The summed E-state index contributed by atoms with van der Waals surface area (Å²) in [6.45, 7) is 6.42. The Morgan fingerprint density at radius 3 is 1.97 bits per heavy atom. The smallest absolute Gasteiger partial charge is 0.350 e. The lowest BCUT2D eigenvalue weighted by molar-refractivity contribution is -0.387. The number of nitrogens with zero attached hydrogens (tertiary/aromatic N) is 1. The first kappa shape index (κ1) is 46.5. The van der Waals surface area contributed by atoms with Gasteiger partial charge in [0, 0.05) is 47.2 Å². The molecule has 6 rings (SSSR count). The topological polar surface area (TPSA) is 273 Å². The van der Waals surface area contributed by atoms with Crippen LogP contribution < -0.4 is 0 Å². The Morgan fingerprint density at radius 2 is 1.38 bits per heavy atom. The molecule has 0 amide bonds. The third-order valence-corrected chi connectivity index (χ3v) is 12.3. The number of benzene rings is 1. The number of carbonyl (C=O) groups is 8. The first-order valence-electron chi connectivity index (χ1n) is 20.0. The average Bonchev–Trinajstić information content (AvgIpc) is 3.40. The highest BCUT2D eigenvalue weighted by molar-refractivity contribution is 5.93. The third kappa shape index (κ3) is 7.88. The van der Waals surface area contributed by atoms with Gasteiger partial charge in [-0.15, -0.1) is 0 Å². The van der Waals surface area contributed by atoms with E-state index in [1.807, 2.05) is 0 Å². The van der Waals surface area contributed by atoms with Crippen molar-refractivity contribution in [1.82, 2.24) is 4.98 Å². The minimum atomic E-state index is -2.96. The summed E-state index contributed by atoms with van der Waals surface area (Å²) in [5.41, 5.74) is -13.0. The number of aliphatic hydroxyl groups excluding tert-OH is 1. The summed E-state index contributed by atoms with van der Waals surface area (Å²) in [7, 11) is 0. The molecule has 3 heterocycles. The van der Waals surface area contributed by atoms with Gasteiger partial charge in [-0.25, -0.2) is 14.4 Å². The number of hydrogen-bond acceptors (Lipinski definition) is 20. The van der Waals surface area contributed by atoms with Crippen LogP contribution in [-0.2, 0) is 77.8 Å². The van der Waals surface area contributed by atoms with Crippen LogP contribution in [0, 0.1) is 11.3 Å². The molecule has 2 aliphatic carbocycles. The molecule has 1 saturated heterocycles. The number of aryl methyl sites for hydroxylation is 1. The average molecular weight is 884 g/mol. The Bertz CT molecular complexity index is 2190. The molecule has 63 heavy (non-hydrogen) atoms. The van der Waals surface area contributed by atoms with Crippen molar-refractivity contribution in [1.29, 1.82) is 0 Å². The van der Waals surface area contributed by atoms with Crippen molar-refractivity contribution in [3.05, 3.63) is 65.5 Å². The van der Waals surface area contributed by atoms with E-state index in [9.17, 15) is 48.6 Å². The number of fused-ring (bicyclic) bond motifs is 5. The predicted octanol–water partition coefficient (Wildman–Crippen LogP) is 1.27. The summed E-state index contributed by atoms with van der Waals surface area (Å²) < 4.78 is 53.9. The van der Waals surface area contributed by atoms with Gasteiger partial charge in [-0.3, -0.25) is 29.0 Å². The highest BCUT2D eigenvalue weighted by Crippen LogP contribution is 2.69. The molecule has 1 aromatic heterocycles. The lowest BCUT2D eigenvalue weighted by Crippen LogP contribution is -2.89. The van der Waals surface area contributed by atoms with Gasteiger partial charge in [0.2, 0.25) is 5.60 Å². The number of aromatic nitrogens is 1. The molecule has 2 aliphatic heterocycles. The normalized spacial score (nSPS) is 35.8. The van der Waals surface area contributed by atoms with Gasteiger partial charge in [0.15, 0.2) is 24.4 Å². The van der Waals surface area contributed by atoms with Crippen molar-refractivity contribution < 1.29 is 91.2 Å². The van der Waals surface area contributed by atoms with Crippen LogP contribution >= 0.6 is 0 Å². The Morgan fingerprint density at radius 1 is 0.794 bits per heavy atom. The lowest BCUT2D eigenvalue weighted by Gasteiger charge is -2.67. The van der Waals surface area contributed by atoms with E-state index >= 15 is 0 Å². The van der Waals surface area contributed by atoms with Crippen LogP contribution in [0.1, 0.15) is 88.2 Å². The standard InChI is InChI=1S/C43H49NO19/c1-21(45)55-20-42-34(59-24(4)48)30(57-22(2)46)29-32(50)43(42)41(8,54)33(31(58-23(3)47)35(42)60-25(5)49)61-38(53)39(6,62-36(51)26-13-10-9-11-14-26)17-16-28-27(15-12-18-44-28)37(52)56-19-40(29,7)63-43/h9-15,18,29-35,50,54H,16-17,19-20H2,1-8H3/t29-,30-,31-,32+,33?,34-,35-,39?,40+,41+,42+,43-/m0/s1. The van der Waals surface area contributed by atoms with E-state index in [1.54, 1.807) is 18.2 Å². The van der Waals surface area contributed by atoms with Crippen molar-refractivity contribution in [3.63, 3.8) is 0 Å². The van der Waals surface area contributed by atoms with E-state index in [4.69, 9.17) is 42.6 Å². The van der Waals surface area contributed by atoms with Gasteiger partial charge in [-0.1, -0.05) is 18.2 Å². The van der Waals surface area contributed by atoms with Crippen molar-refractivity contribution in [3.8, 4) is 0 Å². The van der Waals surface area contributed by atoms with Crippen molar-refractivity contribution in [2.45, 2.75) is 127 Å². The molecule has 0 radical (unpaired) electrons. The molecule has 20 heteroatoms. The number of pyridine rings is 1. The zero-order valence-electron chi connectivity index (χ0n) is 35.8. The van der Waals surface area contributed by atoms with Crippen molar-refractivity contribution in [2.24, 2.45) is 11.3 Å². The maximum Gasteiger partial charge on any atom is 0.350 e. The Kier molecular flexibility index (Phi) is 12.5. The molecule has 4 aliphatic rings. The molecular formula is C43H49NO19. The number of aliphatic hydroxyl groups is 2. The maximum atomic E-state index is 15.0. The molecule has 20 nitrogen and oxygen atoms in total. The quantitative estimate of drug-likeness (QED) is 0.279. The highest BCUT2D eigenvalue weighted by Gasteiger charge is 2.91. The molecule has 2 N–H and O–H groups in total. The molecule has 2 aromatic rings. The zero-order valence-corrected chi connectivity index (χ0v) is 35.8. The Hall–Kier alpha value is -5.99. The van der Waals surface area contributed by atoms with Crippen LogP contribution in [0.4, 0.5) is 0 Å². The largest absolute Gasteiger partial charge is 0.465 e. The van der Waals surface area contributed by atoms with Gasteiger partial charge in [-0.05, 0) is 51.5 Å². The van der Waals surface area contributed by atoms with E-state index in [-0.39, 0.29) is 23.2 Å². The lowest BCUT2D eigenvalue weighted by atomic mass is 9.45. The van der Waals surface area contributed by atoms with Crippen LogP contribution in [-0.4, -0.2) is 135 Å². The highest BCUT2D eigenvalue weighted by atomic mass is 16.7. The number of esters is 8. The fourth-order valence-electron chi connectivity index (χ4n) is 9.79. The second-order valence-electron chi connectivity index (χ2n) is 16.7. The molecule has 3 fully saturated rings. The van der Waals surface area contributed by atoms with Crippen molar-refractivity contribution >= 4 is 47.8 Å². The number of rotatable bonds is 8. The van der Waals surface area contributed by atoms with Crippen molar-refractivity contribution in [2.75, 3.05) is 13.2 Å². The van der Waals surface area contributed by atoms with Crippen LogP contribution in [0.15, 0.2) is 48.7 Å². The van der Waals surface area contributed by atoms with Gasteiger partial charge in [-0.2, -0.15) is 0 Å². The SMILES string of the molecule is CC(=O)OC[C@]12[C@@H](OC(C)=O)[C@@H](OC(C)=O)[C@H]3[C@@H](O)[C@@]14O[C@]3(C)COC(=O)c1cccnc1CCC(C)(OC(=O)c1ccccc1)C(=O)OC([C@H](OC(C)=O)[C@@H]2OC(C)=O)[C@@]4(C)O. The van der Waals surface area contributed by atoms with Crippen LogP contribution in [0.25, 0.3) is 0 Å². The summed E-state index contributed by atoms with van der Waals surface area (Å²) in [4.78, 5) is 113. The minimum absolute atomic E-state index is 0.0184. The second kappa shape index (κ2) is 16.9. The third-order valence-electron chi connectivity index (χ3n) is 12.3. The van der Waals surface area contributed by atoms with Gasteiger partial charge >= 0.3 is 47.8 Å². The predicted molar refractivity (Wildman–Crippen MR) is 207 cm³/mol. The van der Waals surface area contributed by atoms with E-state index in [0.717, 1.165) is 41.5 Å². The van der Waals surface area contributed by atoms with E-state index in [0.29, 0.717) is 0 Å². The van der Waals surface area contributed by atoms with Crippen LogP contribution in [0.3, 0.4) is 0 Å². The van der Waals surface area contributed by atoms with E-state index in [1.165, 1.54) is 44.3 Å². The molecule has 1 aromatic carbocycles. The zero-order chi connectivity index (χ0) is 46.4. The first-order chi connectivity index (χ1) is 29.5. The van der Waals surface area contributed by atoms with E-state index in [2.05, 4.69) is 4.98 Å². The minimum Gasteiger partial charge on any atom is -0.465 e. The molecule has 2 saturated carbocycles. The second-order valence-corrected chi connectivity index (χ2v) is 16.7. The van der Waals surface area contributed by atoms with Crippen LogP contribution in [0.5, 0.6) is 0 Å². The summed E-state index contributed by atoms with van der Waals surface area (Å²) in [6, 6.07) is 10.4. The Balaban J connectivity index is 1.71. The van der Waals surface area contributed by atoms with Gasteiger partial charge in [0.25, 0.3) is 0 Å². The molecule has 4 bridgehead atoms. The number of cyclic esters (lactones) is 1. The summed E-state index contributed by atoms with van der Waals surface area (Å²) in [6.07, 6.45) is -12.1. The fourth-order valence-corrected chi connectivity index (χ4v) is 9.79. The maximum absolute atomic E-state index is 15.0. The molecule has 2 unspecified atom stereocenters. The van der Waals surface area contributed by atoms with Gasteiger partial charge in [0.05, 0.1) is 28.8 Å². The number of ether oxygens (including phenoxy) is 9. The summed E-state index contributed by atoms with van der Waals surface area (Å²) in [5.74, 6) is -10.3. The monoisotopic (exact) mass is 883 g/mol. The molecule has 1 spiro atoms. The van der Waals surface area contributed by atoms with Gasteiger partial charge < -0.3 is 52.8 Å². The molecule has 340 valence electrons. The summed E-state index contributed by atoms with van der Waals surface area (Å²) >= 11 is 0. The first-order valence-corrected chi connectivity index (χ1v) is 20.0. The van der Waals surface area contributed by atoms with Crippen LogP contribution in [0.2, 0.25) is 0 Å². The number of carbonyl (C=O) groups excluding carboxylic acids is 8. The fraction of sp³-hybridized carbons (Fsp3) is 0.558.